The molecule has 7 heteroatoms. The second-order valence-electron chi connectivity index (χ2n) is 7.27. The fourth-order valence-corrected chi connectivity index (χ4v) is 4.78. The van der Waals surface area contributed by atoms with E-state index in [0.717, 1.165) is 42.6 Å². The first-order valence-corrected chi connectivity index (χ1v) is 10.2. The lowest BCUT2D eigenvalue weighted by molar-refractivity contribution is -0.139. The molecule has 0 spiro atoms. The monoisotopic (exact) mass is 445 g/mol. The molecule has 4 rings (SSSR count). The molecule has 0 radical (unpaired) electrons. The number of ketones is 2. The summed E-state index contributed by atoms with van der Waals surface area (Å²) in [6.45, 7) is -0.438. The van der Waals surface area contributed by atoms with Crippen molar-refractivity contribution in [2.75, 3.05) is 6.61 Å². The zero-order valence-corrected chi connectivity index (χ0v) is 16.8. The third-order valence-electron chi connectivity index (χ3n) is 5.43. The van der Waals surface area contributed by atoms with Gasteiger partial charge in [0, 0.05) is 41.3 Å². The second kappa shape index (κ2) is 7.54. The van der Waals surface area contributed by atoms with Crippen LogP contribution in [0.4, 0.5) is 0 Å². The minimum atomic E-state index is -1.06. The van der Waals surface area contributed by atoms with Crippen LogP contribution in [0.15, 0.2) is 45.2 Å². The van der Waals surface area contributed by atoms with Gasteiger partial charge in [0.2, 0.25) is 0 Å². The molecule has 1 aromatic carbocycles. The summed E-state index contributed by atoms with van der Waals surface area (Å²) in [4.78, 5) is 36.3. The number of carboxylic acid groups (broad SMARTS) is 1. The number of hydrogen-bond donors (Lipinski definition) is 2. The molecule has 0 bridgehead atoms. The molecule has 0 amide bonds. The normalized spacial score (nSPS) is 19.9. The third-order valence-corrected chi connectivity index (χ3v) is 6.05. The van der Waals surface area contributed by atoms with Crippen LogP contribution in [-0.4, -0.2) is 29.2 Å². The number of rotatable bonds is 4. The van der Waals surface area contributed by atoms with Crippen molar-refractivity contribution in [1.82, 2.24) is 5.32 Å². The van der Waals surface area contributed by atoms with Crippen molar-refractivity contribution >= 4 is 33.5 Å². The molecule has 3 aliphatic rings. The van der Waals surface area contributed by atoms with Gasteiger partial charge in [0.1, 0.15) is 5.75 Å². The van der Waals surface area contributed by atoms with Crippen LogP contribution in [0.25, 0.3) is 0 Å². The van der Waals surface area contributed by atoms with Gasteiger partial charge in [-0.15, -0.1) is 0 Å². The number of ether oxygens (including phenoxy) is 1. The number of carboxylic acids is 1. The second-order valence-corrected chi connectivity index (χ2v) is 8.12. The highest BCUT2D eigenvalue weighted by Crippen LogP contribution is 2.46. The Kier molecular flexibility index (Phi) is 5.10. The van der Waals surface area contributed by atoms with Gasteiger partial charge >= 0.3 is 5.97 Å². The Morgan fingerprint density at radius 1 is 1.07 bits per heavy atom. The van der Waals surface area contributed by atoms with E-state index < -0.39 is 12.6 Å². The average molecular weight is 446 g/mol. The summed E-state index contributed by atoms with van der Waals surface area (Å²) in [7, 11) is 0. The first-order chi connectivity index (χ1) is 13.5. The summed E-state index contributed by atoms with van der Waals surface area (Å²) >= 11 is 3.43. The van der Waals surface area contributed by atoms with Gasteiger partial charge in [-0.1, -0.05) is 6.07 Å². The molecule has 1 aromatic rings. The van der Waals surface area contributed by atoms with E-state index in [9.17, 15) is 14.4 Å². The van der Waals surface area contributed by atoms with Gasteiger partial charge in [-0.3, -0.25) is 9.59 Å². The third kappa shape index (κ3) is 3.39. The lowest BCUT2D eigenvalue weighted by atomic mass is 9.71. The van der Waals surface area contributed by atoms with Gasteiger partial charge in [-0.2, -0.15) is 0 Å². The van der Waals surface area contributed by atoms with Gasteiger partial charge in [-0.25, -0.2) is 4.79 Å². The van der Waals surface area contributed by atoms with E-state index in [1.165, 1.54) is 0 Å². The summed E-state index contributed by atoms with van der Waals surface area (Å²) in [5.41, 5.74) is 4.12. The van der Waals surface area contributed by atoms with E-state index in [1.54, 1.807) is 6.07 Å². The van der Waals surface area contributed by atoms with Crippen molar-refractivity contribution in [1.29, 1.82) is 0 Å². The van der Waals surface area contributed by atoms with Crippen molar-refractivity contribution in [2.24, 2.45) is 0 Å². The molecule has 0 fully saturated rings. The van der Waals surface area contributed by atoms with Crippen LogP contribution < -0.4 is 10.1 Å². The van der Waals surface area contributed by atoms with E-state index in [0.29, 0.717) is 34.2 Å². The molecule has 1 aliphatic heterocycles. The number of benzene rings is 1. The molecule has 1 heterocycles. The Hall–Kier alpha value is -2.41. The van der Waals surface area contributed by atoms with E-state index in [4.69, 9.17) is 9.84 Å². The fourth-order valence-electron chi connectivity index (χ4n) is 4.27. The van der Waals surface area contributed by atoms with Crippen molar-refractivity contribution in [3.05, 3.63) is 50.8 Å². The number of hydrogen-bond acceptors (Lipinski definition) is 5. The molecule has 0 atom stereocenters. The average Bonchev–Trinajstić information content (AvgIpc) is 2.66. The molecule has 0 unspecified atom stereocenters. The number of nitrogens with one attached hydrogen (secondary N) is 1. The van der Waals surface area contributed by atoms with Crippen LogP contribution in [0, 0.1) is 0 Å². The van der Waals surface area contributed by atoms with Gasteiger partial charge in [-0.05, 0) is 59.3 Å². The molecular weight excluding hydrogens is 426 g/mol. The molecule has 0 saturated heterocycles. The summed E-state index contributed by atoms with van der Waals surface area (Å²) in [5.74, 6) is -0.846. The van der Waals surface area contributed by atoms with E-state index in [-0.39, 0.29) is 17.5 Å². The SMILES string of the molecule is O=C(O)COc1ccc(C2C3=C(CCCC3=O)NC3=C2C(=O)CCC3)cc1Br. The van der Waals surface area contributed by atoms with Crippen LogP contribution >= 0.6 is 15.9 Å². The van der Waals surface area contributed by atoms with E-state index in [2.05, 4.69) is 21.2 Å². The first kappa shape index (κ1) is 18.9. The molecule has 146 valence electrons. The maximum absolute atomic E-state index is 12.8. The highest BCUT2D eigenvalue weighted by atomic mass is 79.9. The molecule has 2 aliphatic carbocycles. The maximum atomic E-state index is 12.8. The Morgan fingerprint density at radius 3 is 2.21 bits per heavy atom. The van der Waals surface area contributed by atoms with Gasteiger partial charge in [0.05, 0.1) is 4.47 Å². The zero-order chi connectivity index (χ0) is 19.8. The predicted octanol–water partition coefficient (Wildman–Crippen LogP) is 3.61. The van der Waals surface area contributed by atoms with E-state index in [1.807, 2.05) is 12.1 Å². The van der Waals surface area contributed by atoms with Crippen LogP contribution in [0.3, 0.4) is 0 Å². The predicted molar refractivity (Wildman–Crippen MR) is 105 cm³/mol. The lowest BCUT2D eigenvalue weighted by Crippen LogP contribution is -2.36. The Balaban J connectivity index is 1.78. The molecule has 2 N–H and O–H groups in total. The minimum Gasteiger partial charge on any atom is -0.481 e. The van der Waals surface area contributed by atoms with Crippen LogP contribution in [0.5, 0.6) is 5.75 Å². The molecule has 6 nitrogen and oxygen atoms in total. The largest absolute Gasteiger partial charge is 0.481 e. The number of carbonyl (C=O) groups excluding carboxylic acids is 2. The molecular formula is C21H20BrNO5. The number of Topliss-reactive ketones (excluding diaryl/α,β-unsaturated/α-hetero) is 2. The fraction of sp³-hybridized carbons (Fsp3) is 0.381. The van der Waals surface area contributed by atoms with Crippen molar-refractivity contribution in [2.45, 2.75) is 44.4 Å². The van der Waals surface area contributed by atoms with Gasteiger partial charge in [0.25, 0.3) is 0 Å². The summed E-state index contributed by atoms with van der Waals surface area (Å²) < 4.78 is 5.88. The Morgan fingerprint density at radius 2 is 1.68 bits per heavy atom. The van der Waals surface area contributed by atoms with E-state index >= 15 is 0 Å². The summed E-state index contributed by atoms with van der Waals surface area (Å²) in [5, 5.41) is 12.2. The van der Waals surface area contributed by atoms with Crippen molar-refractivity contribution < 1.29 is 24.2 Å². The van der Waals surface area contributed by atoms with Crippen LogP contribution in [-0.2, 0) is 14.4 Å². The summed E-state index contributed by atoms with van der Waals surface area (Å²) in [6.07, 6.45) is 4.25. The lowest BCUT2D eigenvalue weighted by Gasteiger charge is -2.37. The quantitative estimate of drug-likeness (QED) is 0.734. The first-order valence-electron chi connectivity index (χ1n) is 9.39. The van der Waals surface area contributed by atoms with Crippen molar-refractivity contribution in [3.63, 3.8) is 0 Å². The van der Waals surface area contributed by atoms with Crippen molar-refractivity contribution in [3.8, 4) is 5.75 Å². The summed E-state index contributed by atoms with van der Waals surface area (Å²) in [6, 6.07) is 5.33. The topological polar surface area (TPSA) is 92.7 Å². The smallest absolute Gasteiger partial charge is 0.341 e. The molecule has 28 heavy (non-hydrogen) atoms. The maximum Gasteiger partial charge on any atom is 0.341 e. The minimum absolute atomic E-state index is 0.0889. The number of dihydropyridines is 1. The Labute approximate surface area is 170 Å². The number of allylic oxidation sites excluding steroid dienone is 4. The molecule has 0 aromatic heterocycles. The zero-order valence-electron chi connectivity index (χ0n) is 15.2. The number of carbonyl (C=O) groups is 3. The van der Waals surface area contributed by atoms with Gasteiger partial charge in [0.15, 0.2) is 18.2 Å². The van der Waals surface area contributed by atoms with Crippen LogP contribution in [0.1, 0.15) is 50.0 Å². The molecule has 0 saturated carbocycles. The van der Waals surface area contributed by atoms with Gasteiger partial charge < -0.3 is 15.2 Å². The standard InChI is InChI=1S/C21H20BrNO5/c22-12-9-11(7-8-17(12)28-10-18(26)27)19-20-13(3-1-5-15(20)24)23-14-4-2-6-16(25)21(14)19/h7-9,19,23H,1-6,10H2,(H,26,27). The highest BCUT2D eigenvalue weighted by molar-refractivity contribution is 9.10. The number of halogens is 1. The number of aliphatic carboxylic acids is 1. The highest BCUT2D eigenvalue weighted by Gasteiger charge is 2.40. The van der Waals surface area contributed by atoms with Crippen LogP contribution in [0.2, 0.25) is 0 Å². The Bertz CT molecular complexity index is 904.